The fraction of sp³-hybridized carbons (Fsp3) is 0. The fourth-order valence-electron chi connectivity index (χ4n) is 6.14. The summed E-state index contributed by atoms with van der Waals surface area (Å²) in [7, 11) is 0. The first-order chi connectivity index (χ1) is 19.3. The average molecular weight is 497 g/mol. The molecule has 0 bridgehead atoms. The normalized spacial score (nSPS) is 12.5. The van der Waals surface area contributed by atoms with Crippen LogP contribution in [0.3, 0.4) is 0 Å². The third-order valence-electron chi connectivity index (χ3n) is 7.92. The summed E-state index contributed by atoms with van der Waals surface area (Å²) in [6.45, 7) is 0.0628. The Morgan fingerprint density at radius 3 is 2.03 bits per heavy atom. The highest BCUT2D eigenvalue weighted by Gasteiger charge is 2.36. The molecule has 0 spiro atoms. The lowest BCUT2D eigenvalue weighted by Gasteiger charge is -2.39. The third kappa shape index (κ3) is 3.51. The van der Waals surface area contributed by atoms with Crippen molar-refractivity contribution in [2.24, 2.45) is 0 Å². The van der Waals surface area contributed by atoms with E-state index in [-0.39, 0.29) is 6.85 Å². The maximum atomic E-state index is 6.09. The molecule has 7 aromatic rings. The Morgan fingerprint density at radius 2 is 1.15 bits per heavy atom. The Bertz CT molecular complexity index is 1980. The van der Waals surface area contributed by atoms with E-state index in [2.05, 4.69) is 138 Å². The molecule has 39 heavy (non-hydrogen) atoms. The number of anilines is 2. The van der Waals surface area contributed by atoms with Crippen LogP contribution >= 0.6 is 0 Å². The zero-order valence-corrected chi connectivity index (χ0v) is 21.3. The first kappa shape index (κ1) is 22.0. The topological polar surface area (TPSA) is 16.4 Å². The maximum absolute atomic E-state index is 6.09. The molecule has 0 saturated heterocycles. The number of rotatable bonds is 3. The smallest absolute Gasteiger partial charge is 0.328 e. The molecular weight excluding hydrogens is 473 g/mol. The van der Waals surface area contributed by atoms with Gasteiger partial charge in [0.15, 0.2) is 0 Å². The minimum Gasteiger partial charge on any atom is -0.456 e. The van der Waals surface area contributed by atoms with Gasteiger partial charge >= 0.3 is 6.85 Å². The Labute approximate surface area is 227 Å². The van der Waals surface area contributed by atoms with Crippen molar-refractivity contribution >= 4 is 51.1 Å². The molecule has 0 unspecified atom stereocenters. The van der Waals surface area contributed by atoms with Gasteiger partial charge in [0.1, 0.15) is 11.2 Å². The molecule has 8 rings (SSSR count). The van der Waals surface area contributed by atoms with Gasteiger partial charge < -0.3 is 9.23 Å². The van der Waals surface area contributed by atoms with Crippen molar-refractivity contribution in [3.05, 3.63) is 146 Å². The Kier molecular flexibility index (Phi) is 4.96. The highest BCUT2D eigenvalue weighted by Crippen LogP contribution is 2.41. The number of benzene rings is 6. The quantitative estimate of drug-likeness (QED) is 0.229. The first-order valence-electron chi connectivity index (χ1n) is 13.4. The molecule has 0 fully saturated rings. The SMILES string of the molecule is c1ccc(B2c3ccc(-c4ccc5oc6ccccc6c5c4)cc3-c3ccccc3N2c2ccccc2)cc1. The van der Waals surface area contributed by atoms with Crippen molar-refractivity contribution in [3.63, 3.8) is 0 Å². The summed E-state index contributed by atoms with van der Waals surface area (Å²) in [5, 5.41) is 2.30. The molecule has 1 aromatic heterocycles. The number of para-hydroxylation sites is 3. The maximum Gasteiger partial charge on any atom is 0.328 e. The van der Waals surface area contributed by atoms with Crippen molar-refractivity contribution in [3.8, 4) is 22.3 Å². The lowest BCUT2D eigenvalue weighted by atomic mass is 9.45. The van der Waals surface area contributed by atoms with Gasteiger partial charge in [-0.2, -0.15) is 0 Å². The second-order valence-electron chi connectivity index (χ2n) is 10.1. The second-order valence-corrected chi connectivity index (χ2v) is 10.1. The molecule has 0 N–H and O–H groups in total. The number of hydrogen-bond donors (Lipinski definition) is 0. The predicted octanol–water partition coefficient (Wildman–Crippen LogP) is 8.18. The van der Waals surface area contributed by atoms with E-state index in [1.54, 1.807) is 0 Å². The summed E-state index contributed by atoms with van der Waals surface area (Å²) in [6.07, 6.45) is 0. The van der Waals surface area contributed by atoms with Gasteiger partial charge in [0.05, 0.1) is 0 Å². The summed E-state index contributed by atoms with van der Waals surface area (Å²) in [5.41, 5.74) is 11.8. The lowest BCUT2D eigenvalue weighted by molar-refractivity contribution is 0.669. The van der Waals surface area contributed by atoms with E-state index < -0.39 is 0 Å². The van der Waals surface area contributed by atoms with Crippen molar-refractivity contribution in [2.75, 3.05) is 4.81 Å². The second kappa shape index (κ2) is 8.78. The van der Waals surface area contributed by atoms with Gasteiger partial charge in [-0.3, -0.25) is 0 Å². The van der Waals surface area contributed by atoms with Gasteiger partial charge in [0, 0.05) is 27.7 Å². The van der Waals surface area contributed by atoms with Crippen molar-refractivity contribution in [1.82, 2.24) is 0 Å². The van der Waals surface area contributed by atoms with E-state index >= 15 is 0 Å². The minimum absolute atomic E-state index is 0.0628. The molecule has 0 amide bonds. The van der Waals surface area contributed by atoms with Crippen LogP contribution < -0.4 is 15.7 Å². The first-order valence-corrected chi connectivity index (χ1v) is 13.4. The predicted molar refractivity (Wildman–Crippen MR) is 165 cm³/mol. The standard InChI is InChI=1S/C36H24BNO/c1-3-11-27(12-4-1)37-33-21-19-25(26-20-22-36-32(24-26)30-16-8-10-18-35(30)39-36)23-31(33)29-15-7-9-17-34(29)38(37)28-13-5-2-6-14-28/h1-24H. The largest absolute Gasteiger partial charge is 0.456 e. The molecule has 182 valence electrons. The van der Waals surface area contributed by atoms with Crippen LogP contribution in [0.2, 0.25) is 0 Å². The Morgan fingerprint density at radius 1 is 0.487 bits per heavy atom. The summed E-state index contributed by atoms with van der Waals surface area (Å²) in [4.78, 5) is 2.48. The molecule has 0 saturated carbocycles. The summed E-state index contributed by atoms with van der Waals surface area (Å²) >= 11 is 0. The fourth-order valence-corrected chi connectivity index (χ4v) is 6.14. The van der Waals surface area contributed by atoms with Gasteiger partial charge in [-0.1, -0.05) is 109 Å². The van der Waals surface area contributed by atoms with E-state index in [1.165, 1.54) is 44.6 Å². The Balaban J connectivity index is 1.35. The molecule has 6 aromatic carbocycles. The van der Waals surface area contributed by atoms with Gasteiger partial charge in [-0.15, -0.1) is 0 Å². The van der Waals surface area contributed by atoms with Crippen LogP contribution in [0.5, 0.6) is 0 Å². The van der Waals surface area contributed by atoms with E-state index in [1.807, 2.05) is 12.1 Å². The van der Waals surface area contributed by atoms with E-state index in [0.29, 0.717) is 0 Å². The number of nitrogens with zero attached hydrogens (tertiary/aromatic N) is 1. The molecule has 2 nitrogen and oxygen atoms in total. The Hall–Kier alpha value is -5.02. The van der Waals surface area contributed by atoms with Gasteiger partial charge in [-0.05, 0) is 64.6 Å². The van der Waals surface area contributed by atoms with E-state index in [9.17, 15) is 0 Å². The molecule has 3 heteroatoms. The zero-order chi connectivity index (χ0) is 25.8. The van der Waals surface area contributed by atoms with Gasteiger partial charge in [-0.25, -0.2) is 0 Å². The van der Waals surface area contributed by atoms with Crippen LogP contribution in [0.1, 0.15) is 0 Å². The summed E-state index contributed by atoms with van der Waals surface area (Å²) in [5.74, 6) is 0. The number of fused-ring (bicyclic) bond motifs is 6. The van der Waals surface area contributed by atoms with Crippen LogP contribution in [0.4, 0.5) is 11.4 Å². The highest BCUT2D eigenvalue weighted by molar-refractivity contribution is 6.90. The molecular formula is C36H24BNO. The molecule has 1 aliphatic rings. The molecule has 1 aliphatic heterocycles. The number of hydrogen-bond acceptors (Lipinski definition) is 2. The van der Waals surface area contributed by atoms with E-state index in [0.717, 1.165) is 21.9 Å². The van der Waals surface area contributed by atoms with Crippen LogP contribution in [-0.2, 0) is 0 Å². The van der Waals surface area contributed by atoms with Crippen molar-refractivity contribution < 1.29 is 4.42 Å². The van der Waals surface area contributed by atoms with Gasteiger partial charge in [0.2, 0.25) is 0 Å². The zero-order valence-electron chi connectivity index (χ0n) is 21.3. The summed E-state index contributed by atoms with van der Waals surface area (Å²) < 4.78 is 6.09. The van der Waals surface area contributed by atoms with Crippen molar-refractivity contribution in [2.45, 2.75) is 0 Å². The van der Waals surface area contributed by atoms with Crippen LogP contribution in [-0.4, -0.2) is 6.85 Å². The molecule has 2 heterocycles. The average Bonchev–Trinajstić information content (AvgIpc) is 3.39. The van der Waals surface area contributed by atoms with Crippen molar-refractivity contribution in [1.29, 1.82) is 0 Å². The van der Waals surface area contributed by atoms with Crippen LogP contribution in [0.15, 0.2) is 150 Å². The van der Waals surface area contributed by atoms with E-state index in [4.69, 9.17) is 4.42 Å². The molecule has 0 aliphatic carbocycles. The van der Waals surface area contributed by atoms with Crippen LogP contribution in [0.25, 0.3) is 44.2 Å². The number of furan rings is 1. The van der Waals surface area contributed by atoms with Crippen LogP contribution in [0, 0.1) is 0 Å². The third-order valence-corrected chi connectivity index (χ3v) is 7.92. The minimum atomic E-state index is 0.0628. The highest BCUT2D eigenvalue weighted by atomic mass is 16.3. The van der Waals surface area contributed by atoms with Gasteiger partial charge in [0.25, 0.3) is 0 Å². The molecule has 0 atom stereocenters. The molecule has 0 radical (unpaired) electrons. The lowest BCUT2D eigenvalue weighted by Crippen LogP contribution is -2.57. The monoisotopic (exact) mass is 497 g/mol. The summed E-state index contributed by atoms with van der Waals surface area (Å²) in [6, 6.07) is 52.1.